The van der Waals surface area contributed by atoms with E-state index in [1.807, 2.05) is 0 Å². The van der Waals surface area contributed by atoms with E-state index in [1.165, 1.54) is 28.3 Å². The van der Waals surface area contributed by atoms with Gasteiger partial charge in [-0.05, 0) is 13.0 Å². The topological polar surface area (TPSA) is 39.7 Å². The zero-order valence-electron chi connectivity index (χ0n) is 12.5. The molecule has 4 nitrogen and oxygen atoms in total. The van der Waals surface area contributed by atoms with E-state index in [0.29, 0.717) is 22.8 Å². The molecule has 0 aliphatic heterocycles. The maximum absolute atomic E-state index is 12.3. The van der Waals surface area contributed by atoms with Crippen molar-refractivity contribution in [2.24, 2.45) is 0 Å². The van der Waals surface area contributed by atoms with Gasteiger partial charge in [0.1, 0.15) is 0 Å². The first-order valence-electron chi connectivity index (χ1n) is 6.40. The fraction of sp³-hybridized carbons (Fsp3) is 0.571. The molecular weight excluding hydrogens is 287 g/mol. The van der Waals surface area contributed by atoms with E-state index in [1.54, 1.807) is 12.1 Å². The standard InChI is InChI=1S/C14H20F3NO3/c1-9(7-14(15,16)17)18-8-10-5-6-11(19-2)13(21-4)12(10)20-3/h5-6,9,18H,7-8H2,1-4H3. The monoisotopic (exact) mass is 307 g/mol. The molecular formula is C14H20F3NO3. The molecule has 0 saturated carbocycles. The molecule has 1 aromatic rings. The van der Waals surface area contributed by atoms with Crippen molar-refractivity contribution in [2.45, 2.75) is 32.1 Å². The molecule has 0 heterocycles. The van der Waals surface area contributed by atoms with Crippen molar-refractivity contribution >= 4 is 0 Å². The summed E-state index contributed by atoms with van der Waals surface area (Å²) >= 11 is 0. The van der Waals surface area contributed by atoms with Crippen molar-refractivity contribution < 1.29 is 27.4 Å². The second kappa shape index (κ2) is 7.40. The van der Waals surface area contributed by atoms with Crippen molar-refractivity contribution in [1.82, 2.24) is 5.32 Å². The van der Waals surface area contributed by atoms with Gasteiger partial charge in [0.15, 0.2) is 11.5 Å². The minimum absolute atomic E-state index is 0.237. The molecule has 1 aromatic carbocycles. The molecule has 0 amide bonds. The molecule has 0 radical (unpaired) electrons. The van der Waals surface area contributed by atoms with Gasteiger partial charge in [-0.25, -0.2) is 0 Å². The molecule has 0 fully saturated rings. The molecule has 0 aliphatic rings. The molecule has 0 spiro atoms. The van der Waals surface area contributed by atoms with Crippen LogP contribution in [0.5, 0.6) is 17.2 Å². The van der Waals surface area contributed by atoms with Crippen molar-refractivity contribution in [2.75, 3.05) is 21.3 Å². The summed E-state index contributed by atoms with van der Waals surface area (Å²) in [4.78, 5) is 0. The zero-order chi connectivity index (χ0) is 16.0. The van der Waals surface area contributed by atoms with E-state index in [2.05, 4.69) is 5.32 Å². The zero-order valence-corrected chi connectivity index (χ0v) is 12.5. The van der Waals surface area contributed by atoms with Gasteiger partial charge in [-0.3, -0.25) is 0 Å². The molecule has 1 N–H and O–H groups in total. The van der Waals surface area contributed by atoms with Gasteiger partial charge in [0, 0.05) is 18.2 Å². The number of nitrogens with one attached hydrogen (secondary N) is 1. The SMILES string of the molecule is COc1ccc(CNC(C)CC(F)(F)F)c(OC)c1OC. The van der Waals surface area contributed by atoms with Crippen molar-refractivity contribution in [3.63, 3.8) is 0 Å². The van der Waals surface area contributed by atoms with Crippen LogP contribution >= 0.6 is 0 Å². The molecule has 120 valence electrons. The molecule has 0 aliphatic carbocycles. The maximum Gasteiger partial charge on any atom is 0.390 e. The van der Waals surface area contributed by atoms with Crippen LogP contribution in [0.15, 0.2) is 12.1 Å². The fourth-order valence-electron chi connectivity index (χ4n) is 2.01. The van der Waals surface area contributed by atoms with Crippen LogP contribution in [-0.2, 0) is 6.54 Å². The number of rotatable bonds is 7. The molecule has 0 bridgehead atoms. The molecule has 21 heavy (non-hydrogen) atoms. The Kier molecular flexibility index (Phi) is 6.14. The van der Waals surface area contributed by atoms with Gasteiger partial charge in [0.05, 0.1) is 27.8 Å². The van der Waals surface area contributed by atoms with Crippen molar-refractivity contribution in [3.05, 3.63) is 17.7 Å². The fourth-order valence-corrected chi connectivity index (χ4v) is 2.01. The highest BCUT2D eigenvalue weighted by Gasteiger charge is 2.29. The number of hydrogen-bond donors (Lipinski definition) is 1. The lowest BCUT2D eigenvalue weighted by Crippen LogP contribution is -2.30. The average molecular weight is 307 g/mol. The van der Waals surface area contributed by atoms with Crippen LogP contribution in [0, 0.1) is 0 Å². The van der Waals surface area contributed by atoms with Gasteiger partial charge < -0.3 is 19.5 Å². The Morgan fingerprint density at radius 3 is 2.14 bits per heavy atom. The number of benzene rings is 1. The van der Waals surface area contributed by atoms with Crippen molar-refractivity contribution in [3.8, 4) is 17.2 Å². The molecule has 7 heteroatoms. The minimum Gasteiger partial charge on any atom is -0.493 e. The van der Waals surface area contributed by atoms with Crippen LogP contribution in [-0.4, -0.2) is 33.5 Å². The third kappa shape index (κ3) is 5.00. The predicted molar refractivity (Wildman–Crippen MR) is 73.1 cm³/mol. The van der Waals surface area contributed by atoms with Gasteiger partial charge >= 0.3 is 6.18 Å². The van der Waals surface area contributed by atoms with Crippen LogP contribution in [0.3, 0.4) is 0 Å². The Morgan fingerprint density at radius 2 is 1.67 bits per heavy atom. The molecule has 1 atom stereocenters. The molecule has 0 saturated heterocycles. The van der Waals surface area contributed by atoms with Crippen LogP contribution in [0.25, 0.3) is 0 Å². The smallest absolute Gasteiger partial charge is 0.390 e. The van der Waals surface area contributed by atoms with Crippen molar-refractivity contribution in [1.29, 1.82) is 0 Å². The summed E-state index contributed by atoms with van der Waals surface area (Å²) in [7, 11) is 4.45. The Bertz CT molecular complexity index is 464. The Hall–Kier alpha value is -1.63. The van der Waals surface area contributed by atoms with Crippen LogP contribution in [0.1, 0.15) is 18.9 Å². The van der Waals surface area contributed by atoms with Gasteiger partial charge in [-0.15, -0.1) is 0 Å². The minimum atomic E-state index is -4.19. The summed E-state index contributed by atoms with van der Waals surface area (Å²) in [6.45, 7) is 1.72. The summed E-state index contributed by atoms with van der Waals surface area (Å²) in [5.74, 6) is 1.37. The second-order valence-electron chi connectivity index (χ2n) is 4.59. The second-order valence-corrected chi connectivity index (χ2v) is 4.59. The first-order chi connectivity index (χ1) is 9.82. The third-order valence-corrected chi connectivity index (χ3v) is 2.96. The van der Waals surface area contributed by atoms with Crippen LogP contribution in [0.2, 0.25) is 0 Å². The summed E-state index contributed by atoms with van der Waals surface area (Å²) in [5.41, 5.74) is 0.698. The first-order valence-corrected chi connectivity index (χ1v) is 6.40. The van der Waals surface area contributed by atoms with E-state index in [4.69, 9.17) is 14.2 Å². The van der Waals surface area contributed by atoms with Gasteiger partial charge in [0.25, 0.3) is 0 Å². The highest BCUT2D eigenvalue weighted by molar-refractivity contribution is 5.55. The number of halogens is 3. The molecule has 0 aromatic heterocycles. The lowest BCUT2D eigenvalue weighted by atomic mass is 10.1. The van der Waals surface area contributed by atoms with Crippen LogP contribution in [0.4, 0.5) is 13.2 Å². The predicted octanol–water partition coefficient (Wildman–Crippen LogP) is 3.14. The number of ether oxygens (including phenoxy) is 3. The lowest BCUT2D eigenvalue weighted by molar-refractivity contribution is -0.139. The highest BCUT2D eigenvalue weighted by Crippen LogP contribution is 2.39. The number of alkyl halides is 3. The summed E-state index contributed by atoms with van der Waals surface area (Å²) in [5, 5.41) is 2.82. The Morgan fingerprint density at radius 1 is 1.05 bits per heavy atom. The van der Waals surface area contributed by atoms with Gasteiger partial charge in [-0.1, -0.05) is 6.07 Å². The van der Waals surface area contributed by atoms with E-state index in [9.17, 15) is 13.2 Å². The first kappa shape index (κ1) is 17.4. The summed E-state index contributed by atoms with van der Waals surface area (Å²) in [6, 6.07) is 2.73. The normalized spacial score (nSPS) is 12.9. The molecule has 1 unspecified atom stereocenters. The van der Waals surface area contributed by atoms with Crippen LogP contribution < -0.4 is 19.5 Å². The van der Waals surface area contributed by atoms with E-state index >= 15 is 0 Å². The summed E-state index contributed by atoms with van der Waals surface area (Å²) < 4.78 is 52.5. The average Bonchev–Trinajstić information content (AvgIpc) is 2.41. The summed E-state index contributed by atoms with van der Waals surface area (Å²) in [6.07, 6.45) is -5.07. The highest BCUT2D eigenvalue weighted by atomic mass is 19.4. The van der Waals surface area contributed by atoms with E-state index in [0.717, 1.165) is 0 Å². The van der Waals surface area contributed by atoms with E-state index < -0.39 is 18.6 Å². The Balaban J connectivity index is 2.84. The molecule has 1 rings (SSSR count). The third-order valence-electron chi connectivity index (χ3n) is 2.96. The number of methoxy groups -OCH3 is 3. The Labute approximate surface area is 122 Å². The largest absolute Gasteiger partial charge is 0.493 e. The lowest BCUT2D eigenvalue weighted by Gasteiger charge is -2.19. The van der Waals surface area contributed by atoms with Gasteiger partial charge in [-0.2, -0.15) is 13.2 Å². The number of hydrogen-bond acceptors (Lipinski definition) is 4. The van der Waals surface area contributed by atoms with Gasteiger partial charge in [0.2, 0.25) is 5.75 Å². The van der Waals surface area contributed by atoms with E-state index in [-0.39, 0.29) is 6.54 Å². The quantitative estimate of drug-likeness (QED) is 0.840. The maximum atomic E-state index is 12.3.